The molecule has 2 unspecified atom stereocenters. The molecule has 148 valence electrons. The highest BCUT2D eigenvalue weighted by atomic mass is 16.6. The minimum Gasteiger partial charge on any atom is -0.469 e. The van der Waals surface area contributed by atoms with Gasteiger partial charge >= 0.3 is 5.97 Å². The molecule has 0 heterocycles. The van der Waals surface area contributed by atoms with Crippen LogP contribution in [-0.2, 0) is 9.53 Å². The Morgan fingerprint density at radius 1 is 0.960 bits per heavy atom. The fourth-order valence-electron chi connectivity index (χ4n) is 3.02. The summed E-state index contributed by atoms with van der Waals surface area (Å²) >= 11 is 0. The first kappa shape index (κ1) is 23.8. The SMILES string of the molecule is CCCCCCCCC(C(O)CCCCCCCC(=O)OC)[N+](=O)[O-]. The summed E-state index contributed by atoms with van der Waals surface area (Å²) in [5.41, 5.74) is 0. The van der Waals surface area contributed by atoms with Crippen molar-refractivity contribution in [3.63, 3.8) is 0 Å². The first-order valence-corrected chi connectivity index (χ1v) is 9.91. The highest BCUT2D eigenvalue weighted by Crippen LogP contribution is 2.17. The molecule has 6 heteroatoms. The lowest BCUT2D eigenvalue weighted by Gasteiger charge is -2.16. The van der Waals surface area contributed by atoms with E-state index in [0.717, 1.165) is 51.4 Å². The van der Waals surface area contributed by atoms with Crippen LogP contribution in [-0.4, -0.2) is 35.3 Å². The molecule has 6 nitrogen and oxygen atoms in total. The van der Waals surface area contributed by atoms with E-state index in [2.05, 4.69) is 11.7 Å². The van der Waals surface area contributed by atoms with Crippen LogP contribution >= 0.6 is 0 Å². The van der Waals surface area contributed by atoms with Gasteiger partial charge in [-0.2, -0.15) is 0 Å². The second kappa shape index (κ2) is 16.3. The number of hydrogen-bond donors (Lipinski definition) is 1. The largest absolute Gasteiger partial charge is 0.469 e. The van der Waals surface area contributed by atoms with Crippen molar-refractivity contribution in [2.45, 2.75) is 109 Å². The molecule has 0 fully saturated rings. The van der Waals surface area contributed by atoms with E-state index in [1.54, 1.807) is 0 Å². The van der Waals surface area contributed by atoms with Crippen LogP contribution in [0.4, 0.5) is 0 Å². The third kappa shape index (κ3) is 13.8. The Morgan fingerprint density at radius 2 is 1.48 bits per heavy atom. The van der Waals surface area contributed by atoms with E-state index in [9.17, 15) is 20.0 Å². The topological polar surface area (TPSA) is 89.7 Å². The van der Waals surface area contributed by atoms with Crippen molar-refractivity contribution in [3.8, 4) is 0 Å². The van der Waals surface area contributed by atoms with Crippen molar-refractivity contribution in [3.05, 3.63) is 10.1 Å². The second-order valence-electron chi connectivity index (χ2n) is 6.86. The summed E-state index contributed by atoms with van der Waals surface area (Å²) in [4.78, 5) is 21.8. The summed E-state index contributed by atoms with van der Waals surface area (Å²) < 4.78 is 4.58. The molecule has 0 aromatic rings. The van der Waals surface area contributed by atoms with Crippen molar-refractivity contribution >= 4 is 5.97 Å². The Labute approximate surface area is 152 Å². The molecule has 0 saturated carbocycles. The summed E-state index contributed by atoms with van der Waals surface area (Å²) in [5.74, 6) is -0.182. The molecule has 0 rings (SSSR count). The van der Waals surface area contributed by atoms with Gasteiger partial charge in [0, 0.05) is 17.8 Å². The Kier molecular flexibility index (Phi) is 15.5. The van der Waals surface area contributed by atoms with Gasteiger partial charge in [0.05, 0.1) is 7.11 Å². The van der Waals surface area contributed by atoms with Crippen molar-refractivity contribution in [1.82, 2.24) is 0 Å². The molecule has 0 aromatic carbocycles. The van der Waals surface area contributed by atoms with Gasteiger partial charge in [-0.05, 0) is 19.3 Å². The Bertz CT molecular complexity index is 349. The summed E-state index contributed by atoms with van der Waals surface area (Å²) in [5, 5.41) is 21.3. The minimum atomic E-state index is -0.847. The summed E-state index contributed by atoms with van der Waals surface area (Å²) in [6.07, 6.45) is 11.6. The second-order valence-corrected chi connectivity index (χ2v) is 6.86. The quantitative estimate of drug-likeness (QED) is 0.177. The zero-order valence-electron chi connectivity index (χ0n) is 16.1. The van der Waals surface area contributed by atoms with Crippen LogP contribution in [0.5, 0.6) is 0 Å². The zero-order chi connectivity index (χ0) is 18.9. The summed E-state index contributed by atoms with van der Waals surface area (Å²) in [7, 11) is 1.39. The molecular weight excluding hydrogens is 322 g/mol. The van der Waals surface area contributed by atoms with Gasteiger partial charge < -0.3 is 9.84 Å². The van der Waals surface area contributed by atoms with Crippen LogP contribution in [0.2, 0.25) is 0 Å². The lowest BCUT2D eigenvalue weighted by molar-refractivity contribution is -0.535. The Morgan fingerprint density at radius 3 is 2.04 bits per heavy atom. The van der Waals surface area contributed by atoms with Gasteiger partial charge in [0.1, 0.15) is 6.10 Å². The van der Waals surface area contributed by atoms with Gasteiger partial charge in [0.25, 0.3) is 0 Å². The maximum absolute atomic E-state index is 11.2. The Hall–Kier alpha value is -1.17. The maximum atomic E-state index is 11.2. The number of nitro groups is 1. The molecule has 0 bridgehead atoms. The van der Waals surface area contributed by atoms with Gasteiger partial charge in [0.15, 0.2) is 0 Å². The van der Waals surface area contributed by atoms with Gasteiger partial charge in [-0.1, -0.05) is 64.7 Å². The first-order chi connectivity index (χ1) is 12.0. The molecule has 25 heavy (non-hydrogen) atoms. The van der Waals surface area contributed by atoms with Crippen LogP contribution in [0.3, 0.4) is 0 Å². The van der Waals surface area contributed by atoms with Gasteiger partial charge in [0.2, 0.25) is 6.04 Å². The molecule has 0 aliphatic heterocycles. The predicted octanol–water partition coefficient (Wildman–Crippen LogP) is 4.65. The molecule has 0 saturated heterocycles. The molecule has 0 aliphatic rings. The van der Waals surface area contributed by atoms with E-state index in [0.29, 0.717) is 19.3 Å². The third-order valence-electron chi connectivity index (χ3n) is 4.68. The van der Waals surface area contributed by atoms with Crippen molar-refractivity contribution in [2.75, 3.05) is 7.11 Å². The normalized spacial score (nSPS) is 13.4. The fraction of sp³-hybridized carbons (Fsp3) is 0.947. The van der Waals surface area contributed by atoms with Crippen molar-refractivity contribution < 1.29 is 19.6 Å². The van der Waals surface area contributed by atoms with Crippen molar-refractivity contribution in [1.29, 1.82) is 0 Å². The molecule has 0 radical (unpaired) electrons. The van der Waals surface area contributed by atoms with E-state index in [-0.39, 0.29) is 10.9 Å². The summed E-state index contributed by atoms with van der Waals surface area (Å²) in [6, 6.07) is -0.828. The summed E-state index contributed by atoms with van der Waals surface area (Å²) in [6.45, 7) is 2.16. The average Bonchev–Trinajstić information content (AvgIpc) is 2.59. The predicted molar refractivity (Wildman–Crippen MR) is 99.1 cm³/mol. The van der Waals surface area contributed by atoms with E-state index in [1.807, 2.05) is 0 Å². The van der Waals surface area contributed by atoms with Crippen LogP contribution in [0.15, 0.2) is 0 Å². The number of nitrogens with zero attached hydrogens (tertiary/aromatic N) is 1. The van der Waals surface area contributed by atoms with Crippen LogP contribution in [0, 0.1) is 10.1 Å². The van der Waals surface area contributed by atoms with Crippen LogP contribution < -0.4 is 0 Å². The minimum absolute atomic E-state index is 0.182. The van der Waals surface area contributed by atoms with Crippen LogP contribution in [0.1, 0.15) is 96.8 Å². The number of ether oxygens (including phenoxy) is 1. The number of methoxy groups -OCH3 is 1. The van der Waals surface area contributed by atoms with E-state index in [1.165, 1.54) is 26.4 Å². The number of rotatable bonds is 17. The molecule has 1 N–H and O–H groups in total. The van der Waals surface area contributed by atoms with E-state index >= 15 is 0 Å². The number of unbranched alkanes of at least 4 members (excludes halogenated alkanes) is 9. The number of esters is 1. The van der Waals surface area contributed by atoms with E-state index < -0.39 is 12.1 Å². The highest BCUT2D eigenvalue weighted by Gasteiger charge is 2.28. The number of aliphatic hydroxyl groups excluding tert-OH is 1. The molecule has 0 spiro atoms. The standard InChI is InChI=1S/C19H37NO5/c1-3-4-5-6-8-11-14-17(20(23)24)18(21)15-12-9-7-10-13-16-19(22)25-2/h17-18,21H,3-16H2,1-2H3. The molecule has 2 atom stereocenters. The van der Waals surface area contributed by atoms with Gasteiger partial charge in [-0.15, -0.1) is 0 Å². The van der Waals surface area contributed by atoms with Crippen molar-refractivity contribution in [2.24, 2.45) is 0 Å². The third-order valence-corrected chi connectivity index (χ3v) is 4.68. The maximum Gasteiger partial charge on any atom is 0.305 e. The molecule has 0 amide bonds. The molecule has 0 aliphatic carbocycles. The molecular formula is C19H37NO5. The molecule has 0 aromatic heterocycles. The first-order valence-electron chi connectivity index (χ1n) is 9.91. The average molecular weight is 360 g/mol. The van der Waals surface area contributed by atoms with Gasteiger partial charge in [-0.3, -0.25) is 14.9 Å². The van der Waals surface area contributed by atoms with Crippen LogP contribution in [0.25, 0.3) is 0 Å². The van der Waals surface area contributed by atoms with E-state index in [4.69, 9.17) is 0 Å². The fourth-order valence-corrected chi connectivity index (χ4v) is 3.02. The number of aliphatic hydroxyl groups is 1. The zero-order valence-corrected chi connectivity index (χ0v) is 16.1. The Balaban J connectivity index is 3.77. The lowest BCUT2D eigenvalue weighted by atomic mass is 9.98. The van der Waals surface area contributed by atoms with Gasteiger partial charge in [-0.25, -0.2) is 0 Å². The monoisotopic (exact) mass is 359 g/mol. The number of carbonyl (C=O) groups is 1. The number of carbonyl (C=O) groups excluding carboxylic acids is 1. The lowest BCUT2D eigenvalue weighted by Crippen LogP contribution is -2.33. The highest BCUT2D eigenvalue weighted by molar-refractivity contribution is 5.68. The smallest absolute Gasteiger partial charge is 0.305 e. The number of hydrogen-bond acceptors (Lipinski definition) is 5.